The summed E-state index contributed by atoms with van der Waals surface area (Å²) in [5.41, 5.74) is 16.5. The maximum Gasteiger partial charge on any atom is 0.534 e. The van der Waals surface area contributed by atoms with Crippen molar-refractivity contribution in [3.05, 3.63) is 405 Å². The van der Waals surface area contributed by atoms with Crippen LogP contribution in [0.2, 0.25) is 0 Å². The summed E-state index contributed by atoms with van der Waals surface area (Å²) in [5.74, 6) is 2.05. The molecule has 0 radical (unpaired) electrons. The number of rotatable bonds is 10. The van der Waals surface area contributed by atoms with Crippen molar-refractivity contribution in [2.24, 2.45) is 0 Å². The van der Waals surface area contributed by atoms with Crippen molar-refractivity contribution in [1.82, 2.24) is 24.9 Å². The van der Waals surface area contributed by atoms with E-state index in [0.29, 0.717) is 23.2 Å². The van der Waals surface area contributed by atoms with Gasteiger partial charge in [0.05, 0.1) is 33.4 Å². The van der Waals surface area contributed by atoms with Gasteiger partial charge in [-0.05, 0) is 90.4 Å². The molecule has 0 bridgehead atoms. The maximum absolute atomic E-state index is 13.8. The molecule has 3 aliphatic rings. The van der Waals surface area contributed by atoms with Crippen molar-refractivity contribution in [2.45, 2.75) is 49.7 Å². The monoisotopic (exact) mass is 1360 g/mol. The minimum Gasteiger partial charge on any atom is -0.397 e. The van der Waals surface area contributed by atoms with Crippen LogP contribution in [0.5, 0.6) is 0 Å². The van der Waals surface area contributed by atoms with Gasteiger partial charge in [0.25, 0.3) is 0 Å². The van der Waals surface area contributed by atoms with E-state index in [9.17, 15) is 9.59 Å². The molecular weight excluding hydrogens is 1290 g/mol. The van der Waals surface area contributed by atoms with E-state index in [4.69, 9.17) is 19.3 Å². The third kappa shape index (κ3) is 11.8. The van der Waals surface area contributed by atoms with Gasteiger partial charge in [0.15, 0.2) is 34.8 Å². The molecule has 482 valence electrons. The zero-order valence-corrected chi connectivity index (χ0v) is 57.2. The summed E-state index contributed by atoms with van der Waals surface area (Å²) < 4.78 is 13.3. The van der Waals surface area contributed by atoms with E-state index in [-0.39, 0.29) is 11.6 Å². The highest BCUT2D eigenvalue weighted by Crippen LogP contribution is 2.53. The summed E-state index contributed by atoms with van der Waals surface area (Å²) >= 11 is 3.56. The van der Waals surface area contributed by atoms with Gasteiger partial charge in [-0.3, -0.25) is 9.59 Å². The van der Waals surface area contributed by atoms with E-state index in [0.717, 1.165) is 110 Å². The Labute approximate surface area is 591 Å². The standard InChI is InChI=1S/C42H28N2O.C26H17BrO.C21H22BN3O2/c45-40-34-20-10-12-22-36(34)42(32-18-8-3-9-19-32,37-23-13-11-21-35(37)40)33-26-24-30(25-27-33)39-28-38(29-14-4-1-5-15-29)43-41(44-39)31-16-6-2-7-17-31;27-20-16-14-19(15-17-20)26(18-8-2-1-3-9-18)23-12-6-4-10-21(23)25(28)22-11-5-7-13-24(22)26;1-20(2)21(3,4)27-22(26-20)19-24-17(15-11-7-5-8-12-15)23-18(25-19)16-13-9-6-10-14-16/h1-28H;1-17H;5-14H,1-4H3. The molecule has 2 aromatic heterocycles. The number of hydrogen-bond acceptors (Lipinski definition) is 9. The minimum atomic E-state index is -0.670. The van der Waals surface area contributed by atoms with Crippen LogP contribution in [0.15, 0.2) is 338 Å². The van der Waals surface area contributed by atoms with E-state index in [1.807, 2.05) is 222 Å². The van der Waals surface area contributed by atoms with Crippen molar-refractivity contribution < 1.29 is 18.9 Å². The molecule has 1 fully saturated rings. The zero-order chi connectivity index (χ0) is 68.4. The van der Waals surface area contributed by atoms with Crippen LogP contribution in [0.1, 0.15) is 104 Å². The van der Waals surface area contributed by atoms with Gasteiger partial charge in [-0.15, -0.1) is 0 Å². The van der Waals surface area contributed by atoms with Gasteiger partial charge >= 0.3 is 7.12 Å². The van der Waals surface area contributed by atoms with Crippen LogP contribution in [0.3, 0.4) is 0 Å². The van der Waals surface area contributed by atoms with Crippen LogP contribution in [0, 0.1) is 0 Å². The topological polar surface area (TPSA) is 117 Å². The van der Waals surface area contributed by atoms with Crippen molar-refractivity contribution in [3.63, 3.8) is 0 Å². The summed E-state index contributed by atoms with van der Waals surface area (Å²) in [5, 5.41) is 0. The largest absolute Gasteiger partial charge is 0.534 e. The van der Waals surface area contributed by atoms with Gasteiger partial charge in [0.2, 0.25) is 0 Å². The highest BCUT2D eigenvalue weighted by molar-refractivity contribution is 9.10. The minimum absolute atomic E-state index is 0.0623. The molecule has 9 nitrogen and oxygen atoms in total. The fourth-order valence-electron chi connectivity index (χ4n) is 14.1. The van der Waals surface area contributed by atoms with Crippen LogP contribution in [-0.2, 0) is 20.1 Å². The molecular formula is C89H67BBrN5O4. The number of fused-ring (bicyclic) bond motifs is 4. The predicted octanol–water partition coefficient (Wildman–Crippen LogP) is 19.3. The Kier molecular flexibility index (Phi) is 17.5. The van der Waals surface area contributed by atoms with Gasteiger partial charge in [-0.25, -0.2) is 24.9 Å². The zero-order valence-electron chi connectivity index (χ0n) is 55.6. The summed E-state index contributed by atoms with van der Waals surface area (Å²) in [4.78, 5) is 51.1. The summed E-state index contributed by atoms with van der Waals surface area (Å²) in [6.07, 6.45) is 0. The van der Waals surface area contributed by atoms with Gasteiger partial charge < -0.3 is 9.31 Å². The second-order valence-corrected chi connectivity index (χ2v) is 26.9. The second-order valence-electron chi connectivity index (χ2n) is 26.0. The maximum atomic E-state index is 13.8. The van der Waals surface area contributed by atoms with Crippen LogP contribution in [-0.4, -0.2) is 54.8 Å². The first-order valence-corrected chi connectivity index (χ1v) is 34.3. The van der Waals surface area contributed by atoms with Crippen LogP contribution < -0.4 is 5.72 Å². The van der Waals surface area contributed by atoms with Gasteiger partial charge in [-0.1, -0.05) is 331 Å². The van der Waals surface area contributed by atoms with Crippen molar-refractivity contribution in [3.8, 4) is 56.7 Å². The molecule has 2 aliphatic carbocycles. The summed E-state index contributed by atoms with van der Waals surface area (Å²) in [6.45, 7) is 8.07. The Bertz CT molecular complexity index is 5070. The highest BCUT2D eigenvalue weighted by atomic mass is 79.9. The fourth-order valence-corrected chi connectivity index (χ4v) is 14.4. The van der Waals surface area contributed by atoms with Crippen molar-refractivity contribution in [1.29, 1.82) is 0 Å². The number of carbonyl (C=O) groups is 2. The lowest BCUT2D eigenvalue weighted by atomic mass is 9.59. The number of aromatic nitrogens is 5. The van der Waals surface area contributed by atoms with E-state index in [2.05, 4.69) is 170 Å². The molecule has 0 unspecified atom stereocenters. The predicted molar refractivity (Wildman–Crippen MR) is 402 cm³/mol. The molecule has 11 heteroatoms. The van der Waals surface area contributed by atoms with Crippen molar-refractivity contribution in [2.75, 3.05) is 0 Å². The first kappa shape index (κ1) is 64.5. The highest BCUT2D eigenvalue weighted by Gasteiger charge is 2.54. The third-order valence-corrected chi connectivity index (χ3v) is 20.1. The smallest absolute Gasteiger partial charge is 0.397 e. The van der Waals surface area contributed by atoms with Gasteiger partial charge in [0, 0.05) is 54.5 Å². The van der Waals surface area contributed by atoms with E-state index < -0.39 is 29.2 Å². The molecule has 0 saturated carbocycles. The van der Waals surface area contributed by atoms with E-state index in [1.54, 1.807) is 0 Å². The molecule has 3 heterocycles. The molecule has 14 aromatic rings. The molecule has 100 heavy (non-hydrogen) atoms. The summed E-state index contributed by atoms with van der Waals surface area (Å²) in [6, 6.07) is 112. The molecule has 1 saturated heterocycles. The number of nitrogens with zero attached hydrogens (tertiary/aromatic N) is 5. The lowest BCUT2D eigenvalue weighted by molar-refractivity contribution is 0.00578. The molecule has 12 aromatic carbocycles. The molecule has 0 N–H and O–H groups in total. The first-order chi connectivity index (χ1) is 48.8. The quantitative estimate of drug-likeness (QED) is 0.123. The first-order valence-electron chi connectivity index (χ1n) is 33.5. The Morgan fingerprint density at radius 2 is 0.560 bits per heavy atom. The molecule has 1 aliphatic heterocycles. The van der Waals surface area contributed by atoms with Gasteiger partial charge in [0.1, 0.15) is 0 Å². The van der Waals surface area contributed by atoms with Crippen LogP contribution >= 0.6 is 15.9 Å². The van der Waals surface area contributed by atoms with Crippen LogP contribution in [0.4, 0.5) is 0 Å². The van der Waals surface area contributed by atoms with Gasteiger partial charge in [-0.2, -0.15) is 0 Å². The number of ketones is 2. The lowest BCUT2D eigenvalue weighted by Gasteiger charge is -2.41. The molecule has 17 rings (SSSR count). The Morgan fingerprint density at radius 1 is 0.290 bits per heavy atom. The Morgan fingerprint density at radius 3 is 0.910 bits per heavy atom. The average Bonchev–Trinajstić information content (AvgIpc) is 0.895. The molecule has 0 amide bonds. The molecule has 0 atom stereocenters. The normalized spacial score (nSPS) is 14.7. The number of benzene rings is 12. The number of carbonyl (C=O) groups excluding carboxylic acids is 2. The lowest BCUT2D eigenvalue weighted by Crippen LogP contribution is -2.41. The number of hydrogen-bond donors (Lipinski definition) is 0. The third-order valence-electron chi connectivity index (χ3n) is 19.6. The Hall–Kier alpha value is -11.5. The van der Waals surface area contributed by atoms with E-state index in [1.165, 1.54) is 0 Å². The van der Waals surface area contributed by atoms with Crippen molar-refractivity contribution >= 4 is 40.3 Å². The number of halogens is 1. The second kappa shape index (κ2) is 27.1. The summed E-state index contributed by atoms with van der Waals surface area (Å²) in [7, 11) is -0.636. The SMILES string of the molecule is CC1(C)OB(c2nc(-c3ccccc3)nc(-c3ccccc3)n2)OC1(C)C.O=C1c2ccccc2C(c2ccccc2)(c2ccc(-c3cc(-c4ccccc4)nc(-c4ccccc4)n3)cc2)c2ccccc21.O=C1c2ccccc2C(c2ccccc2)(c2ccc(Br)cc2)c2ccccc21. The average molecular weight is 1360 g/mol. The molecule has 0 spiro atoms. The van der Waals surface area contributed by atoms with Crippen LogP contribution in [0.25, 0.3) is 56.7 Å². The van der Waals surface area contributed by atoms with E-state index >= 15 is 0 Å². The Balaban J connectivity index is 0.000000128. The fraction of sp³-hybridized carbons (Fsp3) is 0.0899.